The standard InChI is InChI=1S/4C21H28O4/c4*1-16-7-6-10-19(13-16)25-15-18(22)9-5-4-8-17-11-12-20(23-2)21(14-17)24-3/h4*6-7,10-14,18,22H,4-5,8-9,15H2,1-3H3/i2D3,3D3,8D2,9D2,15D2;3D3,8D2,9D2,15D2;2D3,8D2,9D2,15D2;8D2,9D2,15D2. The van der Waals surface area contributed by atoms with E-state index in [2.05, 4.69) is 0 Å². The predicted molar refractivity (Wildman–Crippen MR) is 399 cm³/mol. The van der Waals surface area contributed by atoms with Crippen molar-refractivity contribution in [2.75, 3.05) is 82.8 Å². The highest BCUT2D eigenvalue weighted by molar-refractivity contribution is 5.46. The van der Waals surface area contributed by atoms with Crippen molar-refractivity contribution < 1.29 is 127 Å². The van der Waals surface area contributed by atoms with Crippen LogP contribution in [0.15, 0.2) is 170 Å². The topological polar surface area (TPSA) is 192 Å². The first-order valence-corrected chi connectivity index (χ1v) is 31.1. The number of aryl methyl sites for hydroxylation is 8. The molecule has 544 valence electrons. The lowest BCUT2D eigenvalue weighted by atomic mass is 10.0. The van der Waals surface area contributed by atoms with Gasteiger partial charge in [0.25, 0.3) is 0 Å². The second-order valence-corrected chi connectivity index (χ2v) is 21.2. The molecule has 0 radical (unpaired) electrons. The molecule has 0 amide bonds. The smallest absolute Gasteiger partial charge is 0.160 e. The van der Waals surface area contributed by atoms with E-state index in [9.17, 15) is 20.4 Å². The molecule has 4 atom stereocenters. The fourth-order valence-electron chi connectivity index (χ4n) is 8.50. The number of aliphatic hydroxyl groups excluding tert-OH is 4. The Kier molecular flexibility index (Phi) is 20.4. The van der Waals surface area contributed by atoms with Crippen molar-refractivity contribution in [3.8, 4) is 69.0 Å². The third kappa shape index (κ3) is 32.0. The Hall–Kier alpha value is -8.80. The Labute approximate surface area is 646 Å². The van der Waals surface area contributed by atoms with Crippen molar-refractivity contribution in [3.05, 3.63) is 214 Å². The zero-order valence-corrected chi connectivity index (χ0v) is 56.8. The van der Waals surface area contributed by atoms with Gasteiger partial charge in [0.2, 0.25) is 0 Å². The van der Waals surface area contributed by atoms with E-state index in [1.54, 1.807) is 100 Å². The molecule has 16 nitrogen and oxygen atoms in total. The summed E-state index contributed by atoms with van der Waals surface area (Å²) in [5.74, 6) is 0.0413. The number of ether oxygens (including phenoxy) is 12. The zero-order valence-electron chi connectivity index (χ0n) is 92.8. The molecule has 16 heteroatoms. The Balaban J connectivity index is 0.000000321. The van der Waals surface area contributed by atoms with Gasteiger partial charge in [-0.25, -0.2) is 0 Å². The quantitative estimate of drug-likeness (QED) is 0.0283. The fourth-order valence-corrected chi connectivity index (χ4v) is 8.50. The lowest BCUT2D eigenvalue weighted by Gasteiger charge is -2.13. The maximum atomic E-state index is 10.5. The fraction of sp³-hybridized carbons (Fsp3) is 0.429. The van der Waals surface area contributed by atoms with Crippen LogP contribution < -0.4 is 56.8 Å². The van der Waals surface area contributed by atoms with E-state index in [0.29, 0.717) is 11.5 Å². The molecule has 100 heavy (non-hydrogen) atoms. The molecule has 0 heterocycles. The van der Waals surface area contributed by atoms with Gasteiger partial charge in [0, 0.05) is 21.9 Å². The lowest BCUT2D eigenvalue weighted by molar-refractivity contribution is 0.0976. The maximum absolute atomic E-state index is 10.5. The summed E-state index contributed by atoms with van der Waals surface area (Å²) >= 11 is 0. The molecule has 0 spiro atoms. The first-order valence-electron chi connectivity index (χ1n) is 49.1. The molecule has 8 aromatic carbocycles. The van der Waals surface area contributed by atoms with E-state index >= 15 is 0 Å². The van der Waals surface area contributed by atoms with Crippen molar-refractivity contribution in [2.45, 2.75) is 154 Å². The number of rotatable bonds is 40. The Morgan fingerprint density at radius 3 is 0.720 bits per heavy atom. The number of hydrogen-bond acceptors (Lipinski definition) is 16. The minimum absolute atomic E-state index is 0.0107. The molecule has 0 saturated carbocycles. The van der Waals surface area contributed by atoms with E-state index in [-0.39, 0.29) is 74.7 Å². The van der Waals surface area contributed by atoms with Crippen LogP contribution in [-0.4, -0.2) is 128 Å². The van der Waals surface area contributed by atoms with Crippen LogP contribution in [0.2, 0.25) is 0 Å². The lowest BCUT2D eigenvalue weighted by Crippen LogP contribution is -2.17. The highest BCUT2D eigenvalue weighted by Crippen LogP contribution is 2.32. The van der Waals surface area contributed by atoms with Crippen molar-refractivity contribution in [3.63, 3.8) is 0 Å². The van der Waals surface area contributed by atoms with E-state index in [1.165, 1.54) is 101 Å². The summed E-state index contributed by atoms with van der Waals surface area (Å²) in [4.78, 5) is 0. The van der Waals surface area contributed by atoms with Crippen LogP contribution in [0.25, 0.3) is 0 Å². The Morgan fingerprint density at radius 2 is 0.500 bits per heavy atom. The summed E-state index contributed by atoms with van der Waals surface area (Å²) in [6.45, 7) is -4.03. The average molecular weight is 1410 g/mol. The van der Waals surface area contributed by atoms with Gasteiger partial charge in [0.05, 0.1) is 108 Å². The molecule has 0 aromatic heterocycles. The zero-order chi connectivity index (χ0) is 104. The van der Waals surface area contributed by atoms with E-state index in [4.69, 9.17) is 106 Å². The molecule has 0 fully saturated rings. The van der Waals surface area contributed by atoms with Crippen LogP contribution in [0.3, 0.4) is 0 Å². The van der Waals surface area contributed by atoms with Gasteiger partial charge >= 0.3 is 0 Å². The molecule has 0 saturated heterocycles. The maximum Gasteiger partial charge on any atom is 0.160 e. The van der Waals surface area contributed by atoms with Crippen molar-refractivity contribution in [2.24, 2.45) is 0 Å². The molecule has 4 unspecified atom stereocenters. The molecule has 0 aliphatic carbocycles. The summed E-state index contributed by atoms with van der Waals surface area (Å²) in [5, 5.41) is 41.8. The monoisotopic (exact) mass is 1410 g/mol. The average Bonchev–Trinajstić information content (AvgIpc) is 0.799. The van der Waals surface area contributed by atoms with Crippen LogP contribution in [0.5, 0.6) is 69.0 Å². The molecule has 8 rings (SSSR count). The van der Waals surface area contributed by atoms with Gasteiger partial charge in [-0.05, 0) is 246 Å². The van der Waals surface area contributed by atoms with Gasteiger partial charge < -0.3 is 77.3 Å². The van der Waals surface area contributed by atoms with Gasteiger partial charge in [0.15, 0.2) is 46.0 Å². The van der Waals surface area contributed by atoms with Crippen molar-refractivity contribution >= 4 is 0 Å². The Morgan fingerprint density at radius 1 is 0.280 bits per heavy atom. The predicted octanol–water partition coefficient (Wildman–Crippen LogP) is 16.7. The summed E-state index contributed by atoms with van der Waals surface area (Å²) in [5.41, 5.74) is 3.35. The molecule has 4 N–H and O–H groups in total. The highest BCUT2D eigenvalue weighted by atomic mass is 16.5. The van der Waals surface area contributed by atoms with Crippen LogP contribution in [-0.2, 0) is 25.5 Å². The van der Waals surface area contributed by atoms with Crippen molar-refractivity contribution in [1.82, 2.24) is 0 Å². The number of benzene rings is 8. The van der Waals surface area contributed by atoms with Crippen LogP contribution >= 0.6 is 0 Å². The van der Waals surface area contributed by atoms with Crippen molar-refractivity contribution in [1.29, 1.82) is 0 Å². The molecule has 0 bridgehead atoms. The highest BCUT2D eigenvalue weighted by Gasteiger charge is 2.13. The van der Waals surface area contributed by atoms with Gasteiger partial charge in [-0.1, -0.05) is 98.5 Å². The van der Waals surface area contributed by atoms with E-state index < -0.39 is 186 Å². The second kappa shape index (κ2) is 47.3. The second-order valence-electron chi connectivity index (χ2n) is 21.2. The minimum Gasteiger partial charge on any atom is -0.493 e. The van der Waals surface area contributed by atoms with Crippen LogP contribution in [0.4, 0.5) is 0 Å². The third-order valence-corrected chi connectivity index (χ3v) is 13.4. The van der Waals surface area contributed by atoms with Gasteiger partial charge in [-0.3, -0.25) is 0 Å². The number of methoxy groups -OCH3 is 8. The summed E-state index contributed by atoms with van der Waals surface area (Å²) in [7, 11) is -5.97. The van der Waals surface area contributed by atoms with E-state index in [1.807, 2.05) is 0 Å². The molecule has 0 aliphatic rings. The van der Waals surface area contributed by atoms with Crippen LogP contribution in [0.1, 0.15) is 171 Å². The summed E-state index contributed by atoms with van der Waals surface area (Å²) in [6, 6.07) is 41.1. The molecular formula is C84H112O16. The van der Waals surface area contributed by atoms with Crippen LogP contribution in [0, 0.1) is 27.7 Å². The van der Waals surface area contributed by atoms with Gasteiger partial charge in [0.1, 0.15) is 49.2 Å². The summed E-state index contributed by atoms with van der Waals surface area (Å²) < 4.78 is 344. The number of hydrogen-bond donors (Lipinski definition) is 4. The first-order chi connectivity index (χ1) is 61.9. The van der Waals surface area contributed by atoms with Gasteiger partial charge in [-0.2, -0.15) is 0 Å². The first kappa shape index (κ1) is 43.1. The largest absolute Gasteiger partial charge is 0.493 e. The molecular weight excluding hydrogens is 1260 g/mol. The molecule has 0 aliphatic heterocycles. The molecule has 8 aromatic rings. The SMILES string of the molecule is [2H]C([2H])(CCC([2H])([2H])C(O)C([2H])([2H])Oc1cccc(C)c1)c1ccc(OC)c(OC)c1.[2H]C([2H])([2H])Oc1cc(C([2H])([2H])CCC([2H])([2H])C(O)C([2H])([2H])Oc2cccc(C)c2)ccc1OC.[2H]C([2H])([2H])Oc1ccc(C([2H])([2H])CCC([2H])([2H])C(O)C([2H])([2H])Oc2cccc(C)c2)cc1OC.[2H]C([2H])([2H])Oc1ccc(C([2H])([2H])CCC([2H])([2H])C(O)C([2H])([2H])Oc2cccc(C)c2)cc1OC([2H])([2H])[2H]. The Bertz CT molecular complexity index is 5160. The van der Waals surface area contributed by atoms with Gasteiger partial charge in [-0.15, -0.1) is 0 Å². The number of aliphatic hydroxyl groups is 4. The third-order valence-electron chi connectivity index (χ3n) is 13.4. The normalized spacial score (nSPS) is 19.4. The summed E-state index contributed by atoms with van der Waals surface area (Å²) in [6.07, 6.45) is -31.5. The minimum atomic E-state index is -3.00. The van der Waals surface area contributed by atoms with E-state index in [0.717, 1.165) is 46.5 Å².